The van der Waals surface area contributed by atoms with Crippen LogP contribution in [0.15, 0.2) is 53.1 Å². The lowest BCUT2D eigenvalue weighted by Gasteiger charge is -2.20. The summed E-state index contributed by atoms with van der Waals surface area (Å²) in [7, 11) is 0. The van der Waals surface area contributed by atoms with E-state index >= 15 is 0 Å². The van der Waals surface area contributed by atoms with E-state index in [1.807, 2.05) is 0 Å². The summed E-state index contributed by atoms with van der Waals surface area (Å²) in [4.78, 5) is 15.5. The highest BCUT2D eigenvalue weighted by atomic mass is 19.4. The van der Waals surface area contributed by atoms with Gasteiger partial charge in [0.15, 0.2) is 0 Å². The summed E-state index contributed by atoms with van der Waals surface area (Å²) >= 11 is 0. The molecule has 3 rings (SSSR count). The Morgan fingerprint density at radius 3 is 2.20 bits per heavy atom. The number of carbonyl (C=O) groups is 1. The number of rotatable bonds is 4. The zero-order valence-corrected chi connectivity index (χ0v) is 14.7. The molecule has 1 heterocycles. The van der Waals surface area contributed by atoms with E-state index in [1.165, 1.54) is 30.3 Å². The average Bonchev–Trinajstić information content (AvgIpc) is 3.16. The lowest BCUT2D eigenvalue weighted by atomic mass is 10.1. The van der Waals surface area contributed by atoms with Crippen molar-refractivity contribution in [3.8, 4) is 11.4 Å². The smallest absolute Gasteiger partial charge is 0.465 e. The molecule has 1 amide bonds. The summed E-state index contributed by atoms with van der Waals surface area (Å²) in [6.07, 6.45) is -10.9. The van der Waals surface area contributed by atoms with Crippen LogP contribution >= 0.6 is 0 Å². The quantitative estimate of drug-likeness (QED) is 0.555. The van der Waals surface area contributed by atoms with Crippen molar-refractivity contribution < 1.29 is 40.8 Å². The van der Waals surface area contributed by atoms with Crippen LogP contribution < -0.4 is 4.90 Å². The minimum absolute atomic E-state index is 0.180. The van der Waals surface area contributed by atoms with Gasteiger partial charge in [-0.3, -0.25) is 4.90 Å². The van der Waals surface area contributed by atoms with Crippen LogP contribution in [-0.2, 0) is 18.9 Å². The van der Waals surface area contributed by atoms with Crippen LogP contribution in [-0.4, -0.2) is 21.3 Å². The fourth-order valence-electron chi connectivity index (χ4n) is 2.52. The average molecular weight is 431 g/mol. The molecular weight excluding hydrogens is 420 g/mol. The van der Waals surface area contributed by atoms with Gasteiger partial charge in [-0.15, -0.1) is 0 Å². The molecule has 0 fully saturated rings. The van der Waals surface area contributed by atoms with Gasteiger partial charge in [-0.2, -0.15) is 31.3 Å². The minimum atomic E-state index is -4.79. The van der Waals surface area contributed by atoms with Gasteiger partial charge in [0.2, 0.25) is 5.82 Å². The predicted octanol–water partition coefficient (Wildman–Crippen LogP) is 5.46. The maximum absolute atomic E-state index is 12.9. The van der Waals surface area contributed by atoms with Gasteiger partial charge in [0, 0.05) is 11.3 Å². The second kappa shape index (κ2) is 7.69. The Bertz CT molecular complexity index is 1040. The molecule has 1 aromatic heterocycles. The van der Waals surface area contributed by atoms with E-state index in [4.69, 9.17) is 0 Å². The molecule has 0 unspecified atom stereocenters. The van der Waals surface area contributed by atoms with Crippen molar-refractivity contribution in [2.24, 2.45) is 0 Å². The molecule has 6 nitrogen and oxygen atoms in total. The number of nitrogens with zero attached hydrogens (tertiary/aromatic N) is 3. The third-order valence-electron chi connectivity index (χ3n) is 3.94. The third kappa shape index (κ3) is 4.70. The summed E-state index contributed by atoms with van der Waals surface area (Å²) in [5.41, 5.74) is -0.634. The van der Waals surface area contributed by atoms with Crippen molar-refractivity contribution in [1.82, 2.24) is 10.1 Å². The topological polar surface area (TPSA) is 79.5 Å². The molecule has 158 valence electrons. The largest absolute Gasteiger partial charge is 0.471 e. The molecule has 1 N–H and O–H groups in total. The molecule has 0 aliphatic heterocycles. The van der Waals surface area contributed by atoms with Gasteiger partial charge in [0.05, 0.1) is 12.1 Å². The van der Waals surface area contributed by atoms with Gasteiger partial charge in [-0.25, -0.2) is 4.79 Å². The van der Waals surface area contributed by atoms with E-state index in [2.05, 4.69) is 14.7 Å². The molecule has 0 radical (unpaired) electrons. The van der Waals surface area contributed by atoms with Crippen molar-refractivity contribution in [3.05, 3.63) is 65.5 Å². The van der Waals surface area contributed by atoms with Gasteiger partial charge in [0.25, 0.3) is 0 Å². The van der Waals surface area contributed by atoms with Crippen LogP contribution in [0.25, 0.3) is 11.4 Å². The Balaban J connectivity index is 1.82. The highest BCUT2D eigenvalue weighted by Gasteiger charge is 2.38. The summed E-state index contributed by atoms with van der Waals surface area (Å²) in [6, 6.07) is 9.30. The number of amides is 1. The first kappa shape index (κ1) is 21.1. The summed E-state index contributed by atoms with van der Waals surface area (Å²) < 4.78 is 80.4. The Morgan fingerprint density at radius 1 is 1.00 bits per heavy atom. The molecule has 0 aliphatic carbocycles. The lowest BCUT2D eigenvalue weighted by molar-refractivity contribution is -0.159. The standard InChI is InChI=1S/C18H11F6N3O3/c19-17(20,21)12-2-1-3-13(8-12)27(16(28)29)9-10-4-6-11(7-5-10)14-25-15(30-26-14)18(22,23)24/h1-8H,9H2,(H,28,29). The van der Waals surface area contributed by atoms with Crippen molar-refractivity contribution >= 4 is 11.8 Å². The molecule has 30 heavy (non-hydrogen) atoms. The molecule has 0 bridgehead atoms. The van der Waals surface area contributed by atoms with Crippen LogP contribution in [0.1, 0.15) is 17.0 Å². The van der Waals surface area contributed by atoms with Crippen molar-refractivity contribution in [3.63, 3.8) is 0 Å². The third-order valence-corrected chi connectivity index (χ3v) is 3.94. The van der Waals surface area contributed by atoms with Gasteiger partial charge >= 0.3 is 24.3 Å². The van der Waals surface area contributed by atoms with Gasteiger partial charge in [0.1, 0.15) is 0 Å². The van der Waals surface area contributed by atoms with Crippen molar-refractivity contribution in [2.45, 2.75) is 18.9 Å². The molecule has 0 atom stereocenters. The maximum atomic E-state index is 12.9. The first-order valence-corrected chi connectivity index (χ1v) is 8.13. The van der Waals surface area contributed by atoms with E-state index in [1.54, 1.807) is 0 Å². The Kier molecular flexibility index (Phi) is 5.42. The number of hydrogen-bond donors (Lipinski definition) is 1. The number of benzene rings is 2. The van der Waals surface area contributed by atoms with Gasteiger partial charge < -0.3 is 9.63 Å². The number of carboxylic acid groups (broad SMARTS) is 1. The van der Waals surface area contributed by atoms with Crippen LogP contribution in [0.2, 0.25) is 0 Å². The second-order valence-corrected chi connectivity index (χ2v) is 6.03. The van der Waals surface area contributed by atoms with E-state index in [-0.39, 0.29) is 23.6 Å². The second-order valence-electron chi connectivity index (χ2n) is 6.03. The molecular formula is C18H11F6N3O3. The Morgan fingerprint density at radius 2 is 1.67 bits per heavy atom. The van der Waals surface area contributed by atoms with Crippen LogP contribution in [0, 0.1) is 0 Å². The van der Waals surface area contributed by atoms with Crippen LogP contribution in [0.4, 0.5) is 36.8 Å². The lowest BCUT2D eigenvalue weighted by Crippen LogP contribution is -2.28. The van der Waals surface area contributed by atoms with Crippen molar-refractivity contribution in [1.29, 1.82) is 0 Å². The molecule has 12 heteroatoms. The Labute approximate surface area is 164 Å². The molecule has 0 saturated heterocycles. The molecule has 2 aromatic carbocycles. The highest BCUT2D eigenvalue weighted by Crippen LogP contribution is 2.32. The maximum Gasteiger partial charge on any atom is 0.471 e. The molecule has 0 saturated carbocycles. The van der Waals surface area contributed by atoms with Crippen LogP contribution in [0.3, 0.4) is 0 Å². The number of aromatic nitrogens is 2. The van der Waals surface area contributed by atoms with E-state index in [0.717, 1.165) is 12.1 Å². The summed E-state index contributed by atoms with van der Waals surface area (Å²) in [6.45, 7) is -0.295. The first-order valence-electron chi connectivity index (χ1n) is 8.13. The van der Waals surface area contributed by atoms with E-state index in [9.17, 15) is 36.2 Å². The minimum Gasteiger partial charge on any atom is -0.465 e. The molecule has 3 aromatic rings. The fourth-order valence-corrected chi connectivity index (χ4v) is 2.52. The molecule has 0 spiro atoms. The van der Waals surface area contributed by atoms with Gasteiger partial charge in [-0.05, 0) is 23.8 Å². The SMILES string of the molecule is O=C(O)N(Cc1ccc(-c2noc(C(F)(F)F)n2)cc1)c1cccc(C(F)(F)F)c1. The van der Waals surface area contributed by atoms with E-state index in [0.29, 0.717) is 16.5 Å². The van der Waals surface area contributed by atoms with Crippen LogP contribution in [0.5, 0.6) is 0 Å². The number of anilines is 1. The normalized spacial score (nSPS) is 12.1. The summed E-state index contributed by atoms with van der Waals surface area (Å²) in [5.74, 6) is -1.83. The number of alkyl halides is 6. The summed E-state index contributed by atoms with van der Waals surface area (Å²) in [5, 5.41) is 12.6. The van der Waals surface area contributed by atoms with Crippen molar-refractivity contribution in [2.75, 3.05) is 4.90 Å². The zero-order valence-electron chi connectivity index (χ0n) is 14.7. The van der Waals surface area contributed by atoms with Gasteiger partial charge in [-0.1, -0.05) is 35.5 Å². The fraction of sp³-hybridized carbons (Fsp3) is 0.167. The monoisotopic (exact) mass is 431 g/mol. The number of halogens is 6. The molecule has 0 aliphatic rings. The van der Waals surface area contributed by atoms with E-state index < -0.39 is 29.9 Å². The zero-order chi connectivity index (χ0) is 22.1. The highest BCUT2D eigenvalue weighted by molar-refractivity contribution is 5.86. The predicted molar refractivity (Wildman–Crippen MR) is 90.4 cm³/mol. The first-order chi connectivity index (χ1) is 13.9. The number of hydrogen-bond acceptors (Lipinski definition) is 4. The Hall–Kier alpha value is -3.57.